The van der Waals surface area contributed by atoms with E-state index in [-0.39, 0.29) is 5.91 Å². The molecule has 3 heterocycles. The van der Waals surface area contributed by atoms with E-state index in [2.05, 4.69) is 16.3 Å². The van der Waals surface area contributed by atoms with Crippen LogP contribution in [0.1, 0.15) is 52.8 Å². The molecule has 0 saturated carbocycles. The van der Waals surface area contributed by atoms with Gasteiger partial charge in [-0.1, -0.05) is 18.9 Å². The number of rotatable bonds is 17. The molecule has 3 aliphatic heterocycles. The molecule has 6 rings (SSSR count). The lowest BCUT2D eigenvalue weighted by Gasteiger charge is -2.33. The second kappa shape index (κ2) is 16.4. The van der Waals surface area contributed by atoms with Crippen LogP contribution in [0.3, 0.4) is 0 Å². The molecule has 0 bridgehead atoms. The molecule has 0 radical (unpaired) electrons. The van der Waals surface area contributed by atoms with E-state index in [1.807, 2.05) is 34.9 Å². The van der Waals surface area contributed by atoms with Crippen molar-refractivity contribution in [1.29, 1.82) is 0 Å². The molecule has 1 aliphatic carbocycles. The monoisotopic (exact) mass is 688 g/mol. The molecular weight excluding hydrogens is 646 g/mol. The zero-order valence-electron chi connectivity index (χ0n) is 27.6. The van der Waals surface area contributed by atoms with Gasteiger partial charge in [-0.2, -0.15) is 0 Å². The highest BCUT2D eigenvalue weighted by Gasteiger charge is 2.37. The van der Waals surface area contributed by atoms with Gasteiger partial charge in [0.1, 0.15) is 11.3 Å². The standard InChI is InChI=1S/C38H42ClN3O7/c39-12-3-1-2-4-16-47-18-19-48-17-13-40-37(44)26-6-7-27(25-43)33(20-26)36-31-10-8-29(41-14-5-15-41)21-34(31)49-35-22-30(9-11-32(35)36)42-23-28(24-42)38(45)46/h6-11,20-22,25,28H,1-5,12-19,23-24H2,(H-,40,44,45,46)/p+1. The lowest BCUT2D eigenvalue weighted by molar-refractivity contribution is -0.143. The Kier molecular flexibility index (Phi) is 11.6. The third-order valence-electron chi connectivity index (χ3n) is 9.29. The van der Waals surface area contributed by atoms with E-state index in [4.69, 9.17) is 25.5 Å². The minimum absolute atomic E-state index is 0.266. The molecule has 11 heteroatoms. The number of carbonyl (C=O) groups excluding carboxylic acids is 2. The van der Waals surface area contributed by atoms with E-state index in [0.29, 0.717) is 80.0 Å². The fourth-order valence-corrected chi connectivity index (χ4v) is 6.49. The summed E-state index contributed by atoms with van der Waals surface area (Å²) in [6.07, 6.45) is 6.22. The molecule has 0 unspecified atom stereocenters. The number of carboxylic acid groups (broad SMARTS) is 1. The lowest BCUT2D eigenvalue weighted by Crippen LogP contribution is -2.52. The number of aldehydes is 1. The molecule has 2 aromatic rings. The van der Waals surface area contributed by atoms with Crippen molar-refractivity contribution in [3.05, 3.63) is 71.1 Å². The quantitative estimate of drug-likeness (QED) is 0.0506. The van der Waals surface area contributed by atoms with Crippen LogP contribution in [0.5, 0.6) is 0 Å². The summed E-state index contributed by atoms with van der Waals surface area (Å²) >= 11 is 5.70. The van der Waals surface area contributed by atoms with E-state index in [9.17, 15) is 19.5 Å². The highest BCUT2D eigenvalue weighted by atomic mass is 35.5. The van der Waals surface area contributed by atoms with Crippen molar-refractivity contribution >= 4 is 46.4 Å². The summed E-state index contributed by atoms with van der Waals surface area (Å²) in [6, 6.07) is 17.0. The van der Waals surface area contributed by atoms with Crippen molar-refractivity contribution in [3.8, 4) is 22.5 Å². The summed E-state index contributed by atoms with van der Waals surface area (Å²) in [4.78, 5) is 39.4. The number of hydrogen-bond acceptors (Lipinski definition) is 7. The normalized spacial score (nSPS) is 15.7. The maximum atomic E-state index is 13.3. The molecule has 2 aromatic carbocycles. The van der Waals surface area contributed by atoms with Crippen molar-refractivity contribution < 1.29 is 33.4 Å². The molecule has 1 amide bonds. The second-order valence-electron chi connectivity index (χ2n) is 12.6. The minimum Gasteiger partial charge on any atom is -0.481 e. The number of benzene rings is 3. The van der Waals surface area contributed by atoms with E-state index in [0.717, 1.165) is 79.0 Å². The Morgan fingerprint density at radius 2 is 1.73 bits per heavy atom. The number of fused-ring (bicyclic) bond motifs is 2. The van der Waals surface area contributed by atoms with E-state index in [1.54, 1.807) is 18.2 Å². The highest BCUT2D eigenvalue weighted by Crippen LogP contribution is 2.42. The number of aliphatic carboxylic acids is 1. The number of carboxylic acids is 1. The molecule has 0 atom stereocenters. The Bertz CT molecular complexity index is 1840. The van der Waals surface area contributed by atoms with Gasteiger partial charge in [-0.05, 0) is 55.2 Å². The average Bonchev–Trinajstić information content (AvgIpc) is 3.05. The fraction of sp³-hybridized carbons (Fsp3) is 0.421. The first-order valence-corrected chi connectivity index (χ1v) is 17.7. The SMILES string of the molecule is O=Cc1ccc(C(=O)NCCOCCOCCCCCCCl)cc1-c1c2ccc(=[N+]3CC(C(=O)O)C3)cc-2oc2cc(N3CCC3)ccc12. The molecule has 0 spiro atoms. The molecule has 4 aliphatic rings. The fourth-order valence-electron chi connectivity index (χ4n) is 6.30. The number of halogens is 1. The van der Waals surface area contributed by atoms with E-state index in [1.165, 1.54) is 0 Å². The van der Waals surface area contributed by atoms with Crippen molar-refractivity contribution in [1.82, 2.24) is 9.89 Å². The summed E-state index contributed by atoms with van der Waals surface area (Å²) in [6.45, 7) is 5.18. The number of ether oxygens (including phenoxy) is 2. The van der Waals surface area contributed by atoms with Gasteiger partial charge in [0.05, 0.1) is 25.9 Å². The van der Waals surface area contributed by atoms with Gasteiger partial charge < -0.3 is 29.2 Å². The number of carbonyl (C=O) groups is 3. The van der Waals surface area contributed by atoms with Crippen LogP contribution >= 0.6 is 11.6 Å². The van der Waals surface area contributed by atoms with Crippen LogP contribution in [0.15, 0.2) is 59.0 Å². The molecule has 2 saturated heterocycles. The maximum Gasteiger partial charge on any atom is 0.319 e. The number of alkyl halides is 1. The maximum absolute atomic E-state index is 13.3. The Morgan fingerprint density at radius 3 is 2.47 bits per heavy atom. The van der Waals surface area contributed by atoms with E-state index >= 15 is 0 Å². The van der Waals surface area contributed by atoms with Gasteiger partial charge >= 0.3 is 5.97 Å². The summed E-state index contributed by atoms with van der Waals surface area (Å²) < 4.78 is 19.8. The Morgan fingerprint density at radius 1 is 0.939 bits per heavy atom. The number of hydrogen-bond donors (Lipinski definition) is 2. The number of unbranched alkanes of at least 4 members (excludes halogenated alkanes) is 3. The van der Waals surface area contributed by atoms with Crippen LogP contribution in [0.4, 0.5) is 5.69 Å². The topological polar surface area (TPSA) is 121 Å². The Balaban J connectivity index is 1.22. The molecule has 2 N–H and O–H groups in total. The number of anilines is 1. The van der Waals surface area contributed by atoms with Crippen molar-refractivity contribution in [2.45, 2.75) is 32.1 Å². The number of nitrogens with one attached hydrogen (secondary N) is 1. The minimum atomic E-state index is -0.795. The van der Waals surface area contributed by atoms with Gasteiger partial charge in [0.2, 0.25) is 5.36 Å². The summed E-state index contributed by atoms with van der Waals surface area (Å²) in [5, 5.41) is 14.0. The molecule has 2 fully saturated rings. The summed E-state index contributed by atoms with van der Waals surface area (Å²) in [7, 11) is 0. The largest absolute Gasteiger partial charge is 0.481 e. The van der Waals surface area contributed by atoms with Crippen molar-refractivity contribution in [2.24, 2.45) is 5.92 Å². The smallest absolute Gasteiger partial charge is 0.319 e. The van der Waals surface area contributed by atoms with Gasteiger partial charge in [0.15, 0.2) is 25.3 Å². The van der Waals surface area contributed by atoms with E-state index < -0.39 is 11.9 Å². The lowest BCUT2D eigenvalue weighted by atomic mass is 9.89. The van der Waals surface area contributed by atoms with Gasteiger partial charge in [-0.15, -0.1) is 11.6 Å². The van der Waals surface area contributed by atoms with Crippen molar-refractivity contribution in [2.75, 3.05) is 69.9 Å². The third-order valence-corrected chi connectivity index (χ3v) is 9.56. The van der Waals surface area contributed by atoms with Crippen LogP contribution in [0.2, 0.25) is 0 Å². The van der Waals surface area contributed by atoms with Gasteiger partial charge in [-0.25, -0.2) is 4.58 Å². The second-order valence-corrected chi connectivity index (χ2v) is 13.0. The van der Waals surface area contributed by atoms with Crippen LogP contribution < -0.4 is 20.1 Å². The van der Waals surface area contributed by atoms with Crippen LogP contribution in [0, 0.1) is 5.92 Å². The Labute approximate surface area is 290 Å². The third kappa shape index (κ3) is 8.15. The predicted molar refractivity (Wildman–Crippen MR) is 190 cm³/mol. The van der Waals surface area contributed by atoms with Crippen LogP contribution in [-0.4, -0.2) is 88.3 Å². The molecule has 10 nitrogen and oxygen atoms in total. The summed E-state index contributed by atoms with van der Waals surface area (Å²) in [5.41, 5.74) is 4.81. The zero-order chi connectivity index (χ0) is 34.2. The predicted octanol–water partition coefficient (Wildman–Crippen LogP) is 5.28. The highest BCUT2D eigenvalue weighted by molar-refractivity contribution is 6.17. The van der Waals surface area contributed by atoms with Crippen molar-refractivity contribution in [3.63, 3.8) is 0 Å². The molecule has 258 valence electrons. The first-order valence-electron chi connectivity index (χ1n) is 17.1. The average molecular weight is 689 g/mol. The van der Waals surface area contributed by atoms with Gasteiger partial charge in [-0.3, -0.25) is 14.4 Å². The number of nitrogens with zero attached hydrogens (tertiary/aromatic N) is 2. The Hall–Kier alpha value is -4.25. The summed E-state index contributed by atoms with van der Waals surface area (Å²) in [5.74, 6) is -0.142. The first kappa shape index (κ1) is 34.6. The first-order chi connectivity index (χ1) is 24.0. The number of amides is 1. The van der Waals surface area contributed by atoms with Crippen LogP contribution in [-0.2, 0) is 14.3 Å². The molecule has 49 heavy (non-hydrogen) atoms. The zero-order valence-corrected chi connectivity index (χ0v) is 28.4. The van der Waals surface area contributed by atoms with Crippen LogP contribution in [0.25, 0.3) is 33.4 Å². The molecule has 0 aromatic heterocycles. The molecular formula is C38H43ClN3O7+. The van der Waals surface area contributed by atoms with Gasteiger partial charge in [0.25, 0.3) is 5.91 Å². The van der Waals surface area contributed by atoms with Gasteiger partial charge in [0, 0.05) is 77.6 Å².